The first-order chi connectivity index (χ1) is 4.93. The second kappa shape index (κ2) is 4.28. The maximum atomic E-state index is 9.76. The lowest BCUT2D eigenvalue weighted by Gasteiger charge is -2.21. The number of nitrogens with one attached hydrogen (secondary N) is 1. The van der Waals surface area contributed by atoms with Crippen molar-refractivity contribution in [3.63, 3.8) is 0 Å². The fraction of sp³-hybridized carbons (Fsp3) is 0.857. The van der Waals surface area contributed by atoms with Crippen LogP contribution in [-0.2, 0) is 9.53 Å². The van der Waals surface area contributed by atoms with Gasteiger partial charge in [-0.25, -0.2) is 0 Å². The molecule has 1 atom stereocenters. The van der Waals surface area contributed by atoms with Gasteiger partial charge < -0.3 is 10.1 Å². The number of carbonyl (C=O) groups excluding carboxylic acids is 1. The van der Waals surface area contributed by atoms with Crippen molar-refractivity contribution in [2.45, 2.75) is 25.4 Å². The van der Waals surface area contributed by atoms with Crippen LogP contribution in [0.2, 0.25) is 0 Å². The first-order valence-electron chi connectivity index (χ1n) is 3.65. The first-order valence-corrected chi connectivity index (χ1v) is 3.65. The molecule has 3 nitrogen and oxygen atoms in total. The average molecular weight is 142 g/mol. The Bertz CT molecular complexity index is 99.8. The topological polar surface area (TPSA) is 38.3 Å². The number of hydrogen-bond acceptors (Lipinski definition) is 2. The van der Waals surface area contributed by atoms with Crippen LogP contribution in [-0.4, -0.2) is 25.7 Å². The van der Waals surface area contributed by atoms with Crippen LogP contribution < -0.4 is 5.32 Å². The second-order valence-corrected chi connectivity index (χ2v) is 2.47. The molecule has 0 aromatic heterocycles. The number of amides is 1. The summed E-state index contributed by atoms with van der Waals surface area (Å²) in [5.41, 5.74) is 0. The quantitative estimate of drug-likeness (QED) is 0.572. The summed E-state index contributed by atoms with van der Waals surface area (Å²) in [7, 11) is 0. The maximum absolute atomic E-state index is 9.76. The summed E-state index contributed by atoms with van der Waals surface area (Å²) in [4.78, 5) is 9.76. The lowest BCUT2D eigenvalue weighted by atomic mass is 10.1. The molecule has 57 valence electrons. The molecular weight excluding hydrogens is 130 g/mol. The number of ether oxygens (including phenoxy) is 1. The van der Waals surface area contributed by atoms with Crippen molar-refractivity contribution in [3.8, 4) is 0 Å². The van der Waals surface area contributed by atoms with E-state index in [4.69, 9.17) is 4.74 Å². The molecule has 1 rings (SSSR count). The third-order valence-corrected chi connectivity index (χ3v) is 1.68. The van der Waals surface area contributed by atoms with Crippen LogP contribution in [0.3, 0.4) is 0 Å². The summed E-state index contributed by atoms with van der Waals surface area (Å²) in [5, 5.41) is 2.49. The number of hydrogen-bond donors (Lipinski definition) is 1. The molecule has 0 saturated carbocycles. The van der Waals surface area contributed by atoms with Gasteiger partial charge in [-0.1, -0.05) is 0 Å². The third-order valence-electron chi connectivity index (χ3n) is 1.68. The van der Waals surface area contributed by atoms with E-state index >= 15 is 0 Å². The van der Waals surface area contributed by atoms with Crippen LogP contribution in [0, 0.1) is 0 Å². The molecule has 3 heteroatoms. The highest BCUT2D eigenvalue weighted by Crippen LogP contribution is 2.11. The highest BCUT2D eigenvalue weighted by molar-refractivity contribution is 5.46. The second-order valence-electron chi connectivity index (χ2n) is 2.47. The summed E-state index contributed by atoms with van der Waals surface area (Å²) in [6.45, 7) is 1.45. The van der Waals surface area contributed by atoms with E-state index in [9.17, 15) is 4.79 Å². The van der Waals surface area contributed by atoms with Crippen molar-refractivity contribution in [1.29, 1.82) is 0 Å². The Morgan fingerprint density at radius 2 is 2.50 bits per heavy atom. The summed E-state index contributed by atoms with van der Waals surface area (Å²) < 4.78 is 5.34. The van der Waals surface area contributed by atoms with Gasteiger partial charge in [0.05, 0.1) is 6.10 Å². The van der Waals surface area contributed by atoms with Gasteiger partial charge in [0.2, 0.25) is 0 Å². The minimum Gasteiger partial charge on any atom is -0.376 e. The smallest absolute Gasteiger partial charge is 0.309 e. The van der Waals surface area contributed by atoms with Gasteiger partial charge in [0.1, 0.15) is 0 Å². The van der Waals surface area contributed by atoms with E-state index in [1.165, 1.54) is 6.42 Å². The predicted octanol–water partition coefficient (Wildman–Crippen LogP) is 0.212. The Morgan fingerprint density at radius 3 is 3.10 bits per heavy atom. The van der Waals surface area contributed by atoms with Crippen LogP contribution in [0.1, 0.15) is 19.3 Å². The minimum atomic E-state index is 0.232. The van der Waals surface area contributed by atoms with Gasteiger partial charge in [0, 0.05) is 13.2 Å². The molecule has 1 amide bonds. The zero-order valence-corrected chi connectivity index (χ0v) is 5.93. The van der Waals surface area contributed by atoms with Crippen molar-refractivity contribution in [1.82, 2.24) is 5.32 Å². The highest BCUT2D eigenvalue weighted by atomic mass is 16.5. The zero-order chi connectivity index (χ0) is 7.23. The minimum absolute atomic E-state index is 0.232. The number of rotatable bonds is 3. The predicted molar refractivity (Wildman–Crippen MR) is 37.3 cm³/mol. The standard InChI is InChI=1S/C7H12NO2/c9-6-8-5-7-3-1-2-4-10-7/h7H,1-5H2,(H,8,9). The lowest BCUT2D eigenvalue weighted by molar-refractivity contribution is 0.0195. The van der Waals surface area contributed by atoms with Gasteiger partial charge in [-0.05, 0) is 19.3 Å². The largest absolute Gasteiger partial charge is 0.376 e. The Hall–Kier alpha value is -0.570. The van der Waals surface area contributed by atoms with Crippen molar-refractivity contribution >= 4 is 6.41 Å². The van der Waals surface area contributed by atoms with Crippen molar-refractivity contribution in [3.05, 3.63) is 0 Å². The zero-order valence-electron chi connectivity index (χ0n) is 5.93. The Morgan fingerprint density at radius 1 is 1.60 bits per heavy atom. The van der Waals surface area contributed by atoms with Crippen molar-refractivity contribution in [2.75, 3.05) is 13.2 Å². The fourth-order valence-electron chi connectivity index (χ4n) is 1.12. The molecule has 1 fully saturated rings. The van der Waals surface area contributed by atoms with E-state index in [1.54, 1.807) is 6.41 Å². The Kier molecular flexibility index (Phi) is 3.22. The molecule has 1 saturated heterocycles. The van der Waals surface area contributed by atoms with Gasteiger partial charge in [0.25, 0.3) is 0 Å². The molecule has 1 aliphatic rings. The van der Waals surface area contributed by atoms with Crippen LogP contribution in [0.4, 0.5) is 0 Å². The molecule has 1 N–H and O–H groups in total. The SMILES string of the molecule is O=[C]NCC1CCCCO1. The van der Waals surface area contributed by atoms with Gasteiger partial charge in [-0.2, -0.15) is 0 Å². The molecule has 0 bridgehead atoms. The lowest BCUT2D eigenvalue weighted by Crippen LogP contribution is -2.30. The van der Waals surface area contributed by atoms with Gasteiger partial charge in [-0.3, -0.25) is 4.79 Å². The van der Waals surface area contributed by atoms with Crippen LogP contribution >= 0.6 is 0 Å². The first kappa shape index (κ1) is 7.54. The molecule has 1 heterocycles. The normalized spacial score (nSPS) is 25.8. The maximum Gasteiger partial charge on any atom is 0.309 e. The fourth-order valence-corrected chi connectivity index (χ4v) is 1.12. The molecule has 0 spiro atoms. The van der Waals surface area contributed by atoms with Gasteiger partial charge in [0.15, 0.2) is 0 Å². The molecule has 1 aliphatic heterocycles. The van der Waals surface area contributed by atoms with Crippen molar-refractivity contribution < 1.29 is 9.53 Å². The monoisotopic (exact) mass is 142 g/mol. The highest BCUT2D eigenvalue weighted by Gasteiger charge is 2.12. The van der Waals surface area contributed by atoms with E-state index in [0.29, 0.717) is 6.54 Å². The van der Waals surface area contributed by atoms with Gasteiger partial charge in [-0.15, -0.1) is 0 Å². The third kappa shape index (κ3) is 2.35. The summed E-state index contributed by atoms with van der Waals surface area (Å²) in [6, 6.07) is 0. The molecule has 0 aromatic rings. The molecule has 0 aromatic carbocycles. The van der Waals surface area contributed by atoms with Crippen LogP contribution in [0.15, 0.2) is 0 Å². The average Bonchev–Trinajstić information content (AvgIpc) is 2.03. The van der Waals surface area contributed by atoms with Crippen LogP contribution in [0.5, 0.6) is 0 Å². The van der Waals surface area contributed by atoms with E-state index in [0.717, 1.165) is 19.4 Å². The molecular formula is C7H12NO2. The molecule has 10 heavy (non-hydrogen) atoms. The Labute approximate surface area is 60.7 Å². The summed E-state index contributed by atoms with van der Waals surface area (Å²) >= 11 is 0. The van der Waals surface area contributed by atoms with Gasteiger partial charge >= 0.3 is 6.41 Å². The van der Waals surface area contributed by atoms with Crippen molar-refractivity contribution in [2.24, 2.45) is 0 Å². The summed E-state index contributed by atoms with van der Waals surface area (Å²) in [6.07, 6.45) is 5.30. The van der Waals surface area contributed by atoms with E-state index in [2.05, 4.69) is 5.32 Å². The Balaban J connectivity index is 2.07. The molecule has 1 radical (unpaired) electrons. The van der Waals surface area contributed by atoms with E-state index in [-0.39, 0.29) is 6.10 Å². The van der Waals surface area contributed by atoms with Crippen LogP contribution in [0.25, 0.3) is 0 Å². The summed E-state index contributed by atoms with van der Waals surface area (Å²) in [5.74, 6) is 0. The molecule has 1 unspecified atom stereocenters. The van der Waals surface area contributed by atoms with E-state index < -0.39 is 0 Å². The molecule has 0 aliphatic carbocycles. The van der Waals surface area contributed by atoms with E-state index in [1.807, 2.05) is 0 Å².